The molecule has 4 rings (SSSR count). The number of ether oxygens (including phenoxy) is 1. The number of rotatable bonds is 3. The van der Waals surface area contributed by atoms with E-state index in [-0.39, 0.29) is 19.0 Å². The van der Waals surface area contributed by atoms with E-state index in [2.05, 4.69) is 22.5 Å². The Morgan fingerprint density at radius 1 is 1.20 bits per heavy atom. The quantitative estimate of drug-likeness (QED) is 0.599. The average molecular weight is 407 g/mol. The van der Waals surface area contributed by atoms with E-state index in [0.717, 1.165) is 11.1 Å². The Balaban J connectivity index is 1.67. The Morgan fingerprint density at radius 2 is 2.00 bits per heavy atom. The standard InChI is InChI=1S/C22H18FN3O4/c1-13-3-5-16(23)9-14(13)7-8-22(20(28)24-21(29)25-22)12-26-11-15-4-6-17(30-2)10-18(15)19(26)27/h3-6,9-10H,11-12H2,1-2H3,(H2,24,25,28,29)/t22-/m1/s1. The molecule has 1 fully saturated rings. The van der Waals surface area contributed by atoms with Crippen LogP contribution in [0.1, 0.15) is 27.0 Å². The zero-order valence-corrected chi connectivity index (χ0v) is 16.3. The Bertz CT molecular complexity index is 1150. The van der Waals surface area contributed by atoms with Crippen molar-refractivity contribution >= 4 is 17.8 Å². The van der Waals surface area contributed by atoms with Gasteiger partial charge in [-0.3, -0.25) is 14.9 Å². The minimum absolute atomic E-state index is 0.151. The molecule has 152 valence electrons. The third kappa shape index (κ3) is 3.35. The van der Waals surface area contributed by atoms with Crippen molar-refractivity contribution in [3.05, 3.63) is 64.5 Å². The van der Waals surface area contributed by atoms with Gasteiger partial charge in [-0.05, 0) is 42.3 Å². The van der Waals surface area contributed by atoms with E-state index < -0.39 is 23.3 Å². The molecule has 2 aromatic rings. The van der Waals surface area contributed by atoms with Crippen molar-refractivity contribution in [2.45, 2.75) is 19.0 Å². The number of benzene rings is 2. The van der Waals surface area contributed by atoms with Crippen LogP contribution in [0, 0.1) is 24.6 Å². The lowest BCUT2D eigenvalue weighted by atomic mass is 9.98. The summed E-state index contributed by atoms with van der Waals surface area (Å²) in [5, 5.41) is 4.71. The van der Waals surface area contributed by atoms with Crippen molar-refractivity contribution in [1.82, 2.24) is 15.5 Å². The van der Waals surface area contributed by atoms with Crippen LogP contribution >= 0.6 is 0 Å². The molecule has 2 aromatic carbocycles. The maximum Gasteiger partial charge on any atom is 0.323 e. The number of halogens is 1. The maximum absolute atomic E-state index is 13.6. The molecule has 30 heavy (non-hydrogen) atoms. The highest BCUT2D eigenvalue weighted by molar-refractivity contribution is 6.10. The summed E-state index contributed by atoms with van der Waals surface area (Å²) in [6, 6.07) is 8.63. The van der Waals surface area contributed by atoms with E-state index in [9.17, 15) is 18.8 Å². The summed E-state index contributed by atoms with van der Waals surface area (Å²) < 4.78 is 18.8. The van der Waals surface area contributed by atoms with Gasteiger partial charge in [-0.25, -0.2) is 9.18 Å². The highest BCUT2D eigenvalue weighted by Gasteiger charge is 2.48. The van der Waals surface area contributed by atoms with Crippen LogP contribution < -0.4 is 15.4 Å². The van der Waals surface area contributed by atoms with Gasteiger partial charge in [0.25, 0.3) is 11.8 Å². The summed E-state index contributed by atoms with van der Waals surface area (Å²) in [4.78, 5) is 38.8. The number of imide groups is 1. The summed E-state index contributed by atoms with van der Waals surface area (Å²) >= 11 is 0. The van der Waals surface area contributed by atoms with Crippen LogP contribution in [-0.2, 0) is 11.3 Å². The Kier molecular flexibility index (Phi) is 4.66. The first kappa shape index (κ1) is 19.5. The normalized spacial score (nSPS) is 19.7. The number of methoxy groups -OCH3 is 1. The molecular weight excluding hydrogens is 389 g/mol. The molecule has 2 N–H and O–H groups in total. The molecular formula is C22H18FN3O4. The topological polar surface area (TPSA) is 87.7 Å². The molecule has 1 atom stereocenters. The first-order valence-corrected chi connectivity index (χ1v) is 9.20. The lowest BCUT2D eigenvalue weighted by Gasteiger charge is -2.26. The first-order chi connectivity index (χ1) is 14.3. The van der Waals surface area contributed by atoms with E-state index in [4.69, 9.17) is 4.74 Å². The summed E-state index contributed by atoms with van der Waals surface area (Å²) in [5.74, 6) is 4.71. The second-order valence-corrected chi connectivity index (χ2v) is 7.21. The van der Waals surface area contributed by atoms with E-state index in [0.29, 0.717) is 16.9 Å². The lowest BCUT2D eigenvalue weighted by molar-refractivity contribution is -0.122. The van der Waals surface area contributed by atoms with Gasteiger partial charge in [0, 0.05) is 17.7 Å². The fourth-order valence-corrected chi connectivity index (χ4v) is 3.51. The lowest BCUT2D eigenvalue weighted by Crippen LogP contribution is -2.54. The molecule has 0 aliphatic carbocycles. The van der Waals surface area contributed by atoms with Crippen LogP contribution in [0.4, 0.5) is 9.18 Å². The van der Waals surface area contributed by atoms with Gasteiger partial charge in [0.2, 0.25) is 5.54 Å². The number of carbonyl (C=O) groups is 3. The zero-order valence-electron chi connectivity index (χ0n) is 16.3. The highest BCUT2D eigenvalue weighted by Crippen LogP contribution is 2.28. The van der Waals surface area contributed by atoms with Gasteiger partial charge >= 0.3 is 6.03 Å². The van der Waals surface area contributed by atoms with Gasteiger partial charge in [-0.1, -0.05) is 24.0 Å². The van der Waals surface area contributed by atoms with Crippen molar-refractivity contribution in [2.24, 2.45) is 0 Å². The van der Waals surface area contributed by atoms with Crippen LogP contribution in [0.2, 0.25) is 0 Å². The average Bonchev–Trinajstić information content (AvgIpc) is 3.18. The second-order valence-electron chi connectivity index (χ2n) is 7.21. The van der Waals surface area contributed by atoms with Crippen molar-refractivity contribution < 1.29 is 23.5 Å². The molecule has 0 aromatic heterocycles. The molecule has 0 saturated carbocycles. The van der Waals surface area contributed by atoms with Gasteiger partial charge in [0.05, 0.1) is 13.7 Å². The zero-order chi connectivity index (χ0) is 21.5. The van der Waals surface area contributed by atoms with Gasteiger partial charge in [-0.15, -0.1) is 0 Å². The second kappa shape index (κ2) is 7.19. The first-order valence-electron chi connectivity index (χ1n) is 9.20. The molecule has 0 unspecified atom stereocenters. The number of nitrogens with zero attached hydrogens (tertiary/aromatic N) is 1. The molecule has 2 aliphatic heterocycles. The van der Waals surface area contributed by atoms with E-state index in [1.54, 1.807) is 31.2 Å². The molecule has 8 heteroatoms. The number of hydrogen-bond donors (Lipinski definition) is 2. The number of amides is 4. The molecule has 7 nitrogen and oxygen atoms in total. The molecule has 2 aliphatic rings. The summed E-state index contributed by atoms with van der Waals surface area (Å²) in [6.45, 7) is 1.88. The Morgan fingerprint density at radius 3 is 2.70 bits per heavy atom. The summed E-state index contributed by atoms with van der Waals surface area (Å²) in [6.07, 6.45) is 0. The SMILES string of the molecule is COc1ccc2c(c1)C(=O)N(C[C@@]1(C#Cc3cc(F)ccc3C)NC(=O)NC1=O)C2. The van der Waals surface area contributed by atoms with Crippen LogP contribution in [0.15, 0.2) is 36.4 Å². The third-order valence-corrected chi connectivity index (χ3v) is 5.18. The van der Waals surface area contributed by atoms with Crippen LogP contribution in [0.3, 0.4) is 0 Å². The fourth-order valence-electron chi connectivity index (χ4n) is 3.51. The smallest absolute Gasteiger partial charge is 0.323 e. The number of fused-ring (bicyclic) bond motifs is 1. The molecule has 4 amide bonds. The number of urea groups is 1. The van der Waals surface area contributed by atoms with E-state index in [1.165, 1.54) is 24.1 Å². The van der Waals surface area contributed by atoms with Crippen LogP contribution in [-0.4, -0.2) is 41.9 Å². The van der Waals surface area contributed by atoms with Gasteiger partial charge in [0.15, 0.2) is 0 Å². The van der Waals surface area contributed by atoms with Gasteiger partial charge < -0.3 is 15.0 Å². The van der Waals surface area contributed by atoms with Crippen molar-refractivity contribution in [3.63, 3.8) is 0 Å². The van der Waals surface area contributed by atoms with Crippen molar-refractivity contribution in [3.8, 4) is 17.6 Å². The number of hydrogen-bond acceptors (Lipinski definition) is 4. The number of aryl methyl sites for hydroxylation is 1. The maximum atomic E-state index is 13.6. The highest BCUT2D eigenvalue weighted by atomic mass is 19.1. The monoisotopic (exact) mass is 407 g/mol. The third-order valence-electron chi connectivity index (χ3n) is 5.18. The number of carbonyl (C=O) groups excluding carboxylic acids is 3. The predicted molar refractivity (Wildman–Crippen MR) is 105 cm³/mol. The van der Waals surface area contributed by atoms with Gasteiger partial charge in [-0.2, -0.15) is 0 Å². The summed E-state index contributed by atoms with van der Waals surface area (Å²) in [7, 11) is 1.51. The molecule has 0 spiro atoms. The predicted octanol–water partition coefficient (Wildman–Crippen LogP) is 1.73. The van der Waals surface area contributed by atoms with E-state index >= 15 is 0 Å². The Hall–Kier alpha value is -3.86. The fraction of sp³-hybridized carbons (Fsp3) is 0.227. The largest absolute Gasteiger partial charge is 0.497 e. The van der Waals surface area contributed by atoms with Crippen molar-refractivity contribution in [1.29, 1.82) is 0 Å². The van der Waals surface area contributed by atoms with Crippen LogP contribution in [0.25, 0.3) is 0 Å². The Labute approximate surface area is 172 Å². The van der Waals surface area contributed by atoms with Crippen LogP contribution in [0.5, 0.6) is 5.75 Å². The van der Waals surface area contributed by atoms with Gasteiger partial charge in [0.1, 0.15) is 11.6 Å². The molecule has 0 radical (unpaired) electrons. The minimum Gasteiger partial charge on any atom is -0.497 e. The molecule has 1 saturated heterocycles. The molecule has 2 heterocycles. The van der Waals surface area contributed by atoms with Crippen molar-refractivity contribution in [2.75, 3.05) is 13.7 Å². The molecule has 0 bridgehead atoms. The number of nitrogens with one attached hydrogen (secondary N) is 2. The minimum atomic E-state index is -1.64. The van der Waals surface area contributed by atoms with E-state index in [1.807, 2.05) is 0 Å². The summed E-state index contributed by atoms with van der Waals surface area (Å²) in [5.41, 5.74) is 0.736.